The highest BCUT2D eigenvalue weighted by Crippen LogP contribution is 2.16. The van der Waals surface area contributed by atoms with Crippen LogP contribution in [0.15, 0.2) is 24.3 Å². The lowest BCUT2D eigenvalue weighted by Crippen LogP contribution is -2.49. The molecule has 140 valence electrons. The standard InChI is InChI=1S/C18H26F2N2O3/c1-13(2)11-15(22-7-9-24-10-8-22)12-21-17(23)14-3-5-16(6-4-14)25-18(19)20/h3-6,13,15,18H,7-12H2,1-2H3,(H,21,23). The molecule has 1 aromatic rings. The molecule has 2 rings (SSSR count). The topological polar surface area (TPSA) is 50.8 Å². The second-order valence-corrected chi connectivity index (χ2v) is 6.54. The van der Waals surface area contributed by atoms with E-state index in [2.05, 4.69) is 28.8 Å². The fraction of sp³-hybridized carbons (Fsp3) is 0.611. The number of ether oxygens (including phenoxy) is 2. The number of carbonyl (C=O) groups is 1. The van der Waals surface area contributed by atoms with Crippen LogP contribution in [0.3, 0.4) is 0 Å². The molecule has 5 nitrogen and oxygen atoms in total. The summed E-state index contributed by atoms with van der Waals surface area (Å²) < 4.78 is 34.0. The van der Waals surface area contributed by atoms with Crippen LogP contribution in [0, 0.1) is 5.92 Å². The number of hydrogen-bond acceptors (Lipinski definition) is 4. The van der Waals surface area contributed by atoms with Crippen molar-refractivity contribution < 1.29 is 23.0 Å². The van der Waals surface area contributed by atoms with Crippen LogP contribution in [0.4, 0.5) is 8.78 Å². The number of carbonyl (C=O) groups excluding carboxylic acids is 1. The summed E-state index contributed by atoms with van der Waals surface area (Å²) in [6.07, 6.45) is 0.988. The van der Waals surface area contributed by atoms with E-state index in [4.69, 9.17) is 4.74 Å². The maximum Gasteiger partial charge on any atom is 0.387 e. The van der Waals surface area contributed by atoms with Gasteiger partial charge < -0.3 is 14.8 Å². The largest absolute Gasteiger partial charge is 0.435 e. The van der Waals surface area contributed by atoms with Crippen LogP contribution in [0.1, 0.15) is 30.6 Å². The minimum atomic E-state index is -2.87. The molecule has 1 aliphatic heterocycles. The molecule has 1 saturated heterocycles. The molecule has 1 aromatic carbocycles. The SMILES string of the molecule is CC(C)CC(CNC(=O)c1ccc(OC(F)F)cc1)N1CCOCC1. The third-order valence-electron chi connectivity index (χ3n) is 4.15. The van der Waals surface area contributed by atoms with Crippen molar-refractivity contribution in [3.8, 4) is 5.75 Å². The van der Waals surface area contributed by atoms with Gasteiger partial charge in [0.15, 0.2) is 0 Å². The van der Waals surface area contributed by atoms with E-state index in [0.29, 0.717) is 31.2 Å². The van der Waals surface area contributed by atoms with Gasteiger partial charge >= 0.3 is 6.61 Å². The van der Waals surface area contributed by atoms with Crippen LogP contribution in [-0.4, -0.2) is 56.3 Å². The molecule has 0 aromatic heterocycles. The quantitative estimate of drug-likeness (QED) is 0.778. The van der Waals surface area contributed by atoms with Gasteiger partial charge in [0.25, 0.3) is 5.91 Å². The summed E-state index contributed by atoms with van der Waals surface area (Å²) in [5, 5.41) is 2.95. The van der Waals surface area contributed by atoms with Crippen LogP contribution < -0.4 is 10.1 Å². The Morgan fingerprint density at radius 2 is 1.88 bits per heavy atom. The molecule has 7 heteroatoms. The predicted octanol–water partition coefficient (Wildman–Crippen LogP) is 2.76. The number of hydrogen-bond donors (Lipinski definition) is 1. The maximum atomic E-state index is 12.3. The highest BCUT2D eigenvalue weighted by Gasteiger charge is 2.22. The Morgan fingerprint density at radius 1 is 1.24 bits per heavy atom. The first kappa shape index (κ1) is 19.6. The molecule has 1 heterocycles. The second-order valence-electron chi connectivity index (χ2n) is 6.54. The van der Waals surface area contributed by atoms with Crippen molar-refractivity contribution in [3.63, 3.8) is 0 Å². The van der Waals surface area contributed by atoms with Crippen LogP contribution in [0.25, 0.3) is 0 Å². The third kappa shape index (κ3) is 6.59. The first-order valence-electron chi connectivity index (χ1n) is 8.60. The molecule has 1 unspecified atom stereocenters. The first-order chi connectivity index (χ1) is 12.0. The van der Waals surface area contributed by atoms with E-state index in [0.717, 1.165) is 19.5 Å². The summed E-state index contributed by atoms with van der Waals surface area (Å²) in [5.41, 5.74) is 0.423. The normalized spacial score (nSPS) is 16.9. The number of rotatable bonds is 8. The van der Waals surface area contributed by atoms with Crippen LogP contribution in [-0.2, 0) is 4.74 Å². The minimum Gasteiger partial charge on any atom is -0.435 e. The van der Waals surface area contributed by atoms with Crippen molar-refractivity contribution in [2.45, 2.75) is 32.9 Å². The predicted molar refractivity (Wildman–Crippen MR) is 91.0 cm³/mol. The van der Waals surface area contributed by atoms with Crippen LogP contribution >= 0.6 is 0 Å². The lowest BCUT2D eigenvalue weighted by Gasteiger charge is -2.35. The van der Waals surface area contributed by atoms with E-state index in [1.807, 2.05) is 0 Å². The van der Waals surface area contributed by atoms with Gasteiger partial charge in [-0.1, -0.05) is 13.8 Å². The molecule has 1 fully saturated rings. The average Bonchev–Trinajstić information content (AvgIpc) is 2.59. The number of benzene rings is 1. The summed E-state index contributed by atoms with van der Waals surface area (Å²) in [6, 6.07) is 5.97. The first-order valence-corrected chi connectivity index (χ1v) is 8.60. The monoisotopic (exact) mass is 356 g/mol. The van der Waals surface area contributed by atoms with E-state index >= 15 is 0 Å². The van der Waals surface area contributed by atoms with Gasteiger partial charge in [0, 0.05) is 31.2 Å². The molecule has 25 heavy (non-hydrogen) atoms. The molecule has 1 amide bonds. The highest BCUT2D eigenvalue weighted by atomic mass is 19.3. The summed E-state index contributed by atoms with van der Waals surface area (Å²) in [5.74, 6) is 0.346. The zero-order chi connectivity index (χ0) is 18.2. The Bertz CT molecular complexity index is 532. The fourth-order valence-electron chi connectivity index (χ4n) is 2.95. The van der Waals surface area contributed by atoms with Gasteiger partial charge in [0.1, 0.15) is 5.75 Å². The van der Waals surface area contributed by atoms with E-state index < -0.39 is 6.61 Å². The van der Waals surface area contributed by atoms with Crippen molar-refractivity contribution in [2.24, 2.45) is 5.92 Å². The Balaban J connectivity index is 1.90. The summed E-state index contributed by atoms with van der Waals surface area (Å²) in [4.78, 5) is 14.7. The van der Waals surface area contributed by atoms with E-state index in [9.17, 15) is 13.6 Å². The number of amides is 1. The molecular formula is C18H26F2N2O3. The number of morpholine rings is 1. The van der Waals surface area contributed by atoms with E-state index in [1.54, 1.807) is 0 Å². The number of nitrogens with one attached hydrogen (secondary N) is 1. The molecule has 1 N–H and O–H groups in total. The Hall–Kier alpha value is -1.73. The summed E-state index contributed by atoms with van der Waals surface area (Å²) in [6.45, 7) is 5.17. The lowest BCUT2D eigenvalue weighted by atomic mass is 10.0. The van der Waals surface area contributed by atoms with Crippen molar-refractivity contribution in [3.05, 3.63) is 29.8 Å². The van der Waals surface area contributed by atoms with Gasteiger partial charge in [0.2, 0.25) is 0 Å². The molecule has 0 radical (unpaired) electrons. The summed E-state index contributed by atoms with van der Waals surface area (Å²) >= 11 is 0. The maximum absolute atomic E-state index is 12.3. The zero-order valence-corrected chi connectivity index (χ0v) is 14.7. The van der Waals surface area contributed by atoms with E-state index in [-0.39, 0.29) is 17.7 Å². The van der Waals surface area contributed by atoms with Crippen LogP contribution in [0.2, 0.25) is 0 Å². The van der Waals surface area contributed by atoms with Crippen LogP contribution in [0.5, 0.6) is 5.75 Å². The lowest BCUT2D eigenvalue weighted by molar-refractivity contribution is -0.0498. The van der Waals surface area contributed by atoms with Crippen molar-refractivity contribution in [1.29, 1.82) is 0 Å². The molecule has 0 aliphatic carbocycles. The Morgan fingerprint density at radius 3 is 2.44 bits per heavy atom. The van der Waals surface area contributed by atoms with Gasteiger partial charge in [-0.25, -0.2) is 0 Å². The van der Waals surface area contributed by atoms with Gasteiger partial charge in [-0.2, -0.15) is 8.78 Å². The minimum absolute atomic E-state index is 0.0394. The average molecular weight is 356 g/mol. The smallest absolute Gasteiger partial charge is 0.387 e. The molecule has 0 bridgehead atoms. The Labute approximate surface area is 147 Å². The van der Waals surface area contributed by atoms with Crippen molar-refractivity contribution in [1.82, 2.24) is 10.2 Å². The Kier molecular flexibility index (Phi) is 7.58. The number of nitrogens with zero attached hydrogens (tertiary/aromatic N) is 1. The highest BCUT2D eigenvalue weighted by molar-refractivity contribution is 5.94. The van der Waals surface area contributed by atoms with Gasteiger partial charge in [-0.05, 0) is 36.6 Å². The van der Waals surface area contributed by atoms with Gasteiger partial charge in [0.05, 0.1) is 13.2 Å². The second kappa shape index (κ2) is 9.68. The molecule has 0 saturated carbocycles. The third-order valence-corrected chi connectivity index (χ3v) is 4.15. The molecule has 1 atom stereocenters. The van der Waals surface area contributed by atoms with Gasteiger partial charge in [-0.3, -0.25) is 9.69 Å². The van der Waals surface area contributed by atoms with Crippen molar-refractivity contribution in [2.75, 3.05) is 32.8 Å². The van der Waals surface area contributed by atoms with Crippen molar-refractivity contribution >= 4 is 5.91 Å². The van der Waals surface area contributed by atoms with Gasteiger partial charge in [-0.15, -0.1) is 0 Å². The number of alkyl halides is 2. The summed E-state index contributed by atoms with van der Waals surface area (Å²) in [7, 11) is 0. The van der Waals surface area contributed by atoms with E-state index in [1.165, 1.54) is 24.3 Å². The number of halogens is 2. The molecule has 1 aliphatic rings. The molecular weight excluding hydrogens is 330 g/mol. The molecule has 0 spiro atoms. The fourth-order valence-corrected chi connectivity index (χ4v) is 2.95. The zero-order valence-electron chi connectivity index (χ0n) is 14.7.